The average Bonchev–Trinajstić information content (AvgIpc) is 2.17. The van der Waals surface area contributed by atoms with E-state index in [1.807, 2.05) is 6.07 Å². The standard InChI is InChI=1S/C10H15FN2O/c1-14-7-10(13-12)6-8-3-2-4-9(11)5-8/h2-5,10,13H,6-7,12H2,1H3. The van der Waals surface area contributed by atoms with E-state index in [0.29, 0.717) is 13.0 Å². The molecule has 0 saturated carbocycles. The predicted octanol–water partition coefficient (Wildman–Crippen LogP) is 0.847. The molecule has 3 nitrogen and oxygen atoms in total. The molecule has 0 aliphatic carbocycles. The molecule has 0 aliphatic rings. The van der Waals surface area contributed by atoms with Crippen LogP contribution in [0.2, 0.25) is 0 Å². The Morgan fingerprint density at radius 2 is 2.36 bits per heavy atom. The summed E-state index contributed by atoms with van der Waals surface area (Å²) in [5.74, 6) is 5.09. The second kappa shape index (κ2) is 5.70. The lowest BCUT2D eigenvalue weighted by atomic mass is 10.1. The minimum atomic E-state index is -0.226. The van der Waals surface area contributed by atoms with Crippen molar-refractivity contribution in [2.75, 3.05) is 13.7 Å². The van der Waals surface area contributed by atoms with Crippen LogP contribution >= 0.6 is 0 Å². The SMILES string of the molecule is COCC(Cc1cccc(F)c1)NN. The highest BCUT2D eigenvalue weighted by molar-refractivity contribution is 5.17. The lowest BCUT2D eigenvalue weighted by molar-refractivity contribution is 0.166. The van der Waals surface area contributed by atoms with Gasteiger partial charge in [-0.15, -0.1) is 0 Å². The second-order valence-electron chi connectivity index (χ2n) is 3.15. The van der Waals surface area contributed by atoms with Crippen LogP contribution in [0, 0.1) is 5.82 Å². The third-order valence-corrected chi connectivity index (χ3v) is 1.97. The summed E-state index contributed by atoms with van der Waals surface area (Å²) in [6.07, 6.45) is 0.655. The number of ether oxygens (including phenoxy) is 1. The monoisotopic (exact) mass is 198 g/mol. The van der Waals surface area contributed by atoms with Crippen LogP contribution in [0.1, 0.15) is 5.56 Å². The van der Waals surface area contributed by atoms with Crippen LogP contribution < -0.4 is 11.3 Å². The minimum Gasteiger partial charge on any atom is -0.383 e. The van der Waals surface area contributed by atoms with Gasteiger partial charge in [-0.05, 0) is 24.1 Å². The molecule has 78 valence electrons. The Labute approximate surface area is 83.0 Å². The van der Waals surface area contributed by atoms with Crippen molar-refractivity contribution in [1.29, 1.82) is 0 Å². The van der Waals surface area contributed by atoms with E-state index < -0.39 is 0 Å². The third kappa shape index (κ3) is 3.41. The quantitative estimate of drug-likeness (QED) is 0.544. The first-order valence-corrected chi connectivity index (χ1v) is 4.45. The van der Waals surface area contributed by atoms with Gasteiger partial charge < -0.3 is 4.74 Å². The molecule has 1 atom stereocenters. The summed E-state index contributed by atoms with van der Waals surface area (Å²) < 4.78 is 17.8. The number of hydrogen-bond donors (Lipinski definition) is 2. The highest BCUT2D eigenvalue weighted by atomic mass is 19.1. The lowest BCUT2D eigenvalue weighted by Crippen LogP contribution is -2.40. The van der Waals surface area contributed by atoms with E-state index >= 15 is 0 Å². The molecule has 3 N–H and O–H groups in total. The van der Waals surface area contributed by atoms with Gasteiger partial charge in [0.2, 0.25) is 0 Å². The minimum absolute atomic E-state index is 0.0156. The fourth-order valence-corrected chi connectivity index (χ4v) is 1.32. The molecule has 0 bridgehead atoms. The third-order valence-electron chi connectivity index (χ3n) is 1.97. The maximum atomic E-state index is 12.8. The van der Waals surface area contributed by atoms with Gasteiger partial charge in [0, 0.05) is 13.2 Å². The van der Waals surface area contributed by atoms with Gasteiger partial charge >= 0.3 is 0 Å². The van der Waals surface area contributed by atoms with E-state index in [9.17, 15) is 4.39 Å². The van der Waals surface area contributed by atoms with Crippen molar-refractivity contribution in [2.45, 2.75) is 12.5 Å². The first kappa shape index (κ1) is 11.1. The Kier molecular flexibility index (Phi) is 4.52. The Morgan fingerprint density at radius 1 is 1.57 bits per heavy atom. The van der Waals surface area contributed by atoms with Gasteiger partial charge in [0.25, 0.3) is 0 Å². The summed E-state index contributed by atoms with van der Waals surface area (Å²) in [6.45, 7) is 0.507. The number of nitrogens with one attached hydrogen (secondary N) is 1. The molecule has 4 heteroatoms. The Morgan fingerprint density at radius 3 is 2.93 bits per heavy atom. The van der Waals surface area contributed by atoms with Gasteiger partial charge in [-0.3, -0.25) is 11.3 Å². The lowest BCUT2D eigenvalue weighted by Gasteiger charge is -2.14. The van der Waals surface area contributed by atoms with Crippen LogP contribution in [0.25, 0.3) is 0 Å². The van der Waals surface area contributed by atoms with Crippen LogP contribution in [0.3, 0.4) is 0 Å². The van der Waals surface area contributed by atoms with Crippen LogP contribution in [-0.4, -0.2) is 19.8 Å². The van der Waals surface area contributed by atoms with Crippen molar-refractivity contribution in [1.82, 2.24) is 5.43 Å². The van der Waals surface area contributed by atoms with Crippen molar-refractivity contribution in [3.63, 3.8) is 0 Å². The van der Waals surface area contributed by atoms with Crippen LogP contribution in [0.5, 0.6) is 0 Å². The van der Waals surface area contributed by atoms with E-state index in [2.05, 4.69) is 5.43 Å². The summed E-state index contributed by atoms with van der Waals surface area (Å²) in [5, 5.41) is 0. The summed E-state index contributed by atoms with van der Waals surface area (Å²) in [6, 6.07) is 6.49. The fraction of sp³-hybridized carbons (Fsp3) is 0.400. The largest absolute Gasteiger partial charge is 0.383 e. The Hall–Kier alpha value is -0.970. The number of rotatable bonds is 5. The molecule has 0 heterocycles. The van der Waals surface area contributed by atoms with Crippen molar-refractivity contribution < 1.29 is 9.13 Å². The predicted molar refractivity (Wildman–Crippen MR) is 53.1 cm³/mol. The molecule has 1 unspecified atom stereocenters. The molecule has 0 spiro atoms. The van der Waals surface area contributed by atoms with Crippen LogP contribution in [0.15, 0.2) is 24.3 Å². The molecule has 0 amide bonds. The van der Waals surface area contributed by atoms with Gasteiger partial charge in [0.1, 0.15) is 5.82 Å². The van der Waals surface area contributed by atoms with Gasteiger partial charge in [-0.25, -0.2) is 4.39 Å². The maximum Gasteiger partial charge on any atom is 0.123 e. The zero-order valence-electron chi connectivity index (χ0n) is 8.16. The fourth-order valence-electron chi connectivity index (χ4n) is 1.32. The first-order chi connectivity index (χ1) is 6.76. The zero-order valence-corrected chi connectivity index (χ0v) is 8.16. The molecule has 0 fully saturated rings. The summed E-state index contributed by atoms with van der Waals surface area (Å²) >= 11 is 0. The first-order valence-electron chi connectivity index (χ1n) is 4.45. The van der Waals surface area contributed by atoms with Gasteiger partial charge in [-0.2, -0.15) is 0 Å². The molecule has 0 radical (unpaired) electrons. The van der Waals surface area contributed by atoms with E-state index in [0.717, 1.165) is 5.56 Å². The van der Waals surface area contributed by atoms with Crippen molar-refractivity contribution in [3.8, 4) is 0 Å². The van der Waals surface area contributed by atoms with Crippen molar-refractivity contribution in [3.05, 3.63) is 35.6 Å². The topological polar surface area (TPSA) is 47.3 Å². The smallest absolute Gasteiger partial charge is 0.123 e. The van der Waals surface area contributed by atoms with E-state index in [1.165, 1.54) is 12.1 Å². The highest BCUT2D eigenvalue weighted by Crippen LogP contribution is 2.06. The van der Waals surface area contributed by atoms with Gasteiger partial charge in [0.05, 0.1) is 6.61 Å². The van der Waals surface area contributed by atoms with Crippen LogP contribution in [-0.2, 0) is 11.2 Å². The van der Waals surface area contributed by atoms with Crippen molar-refractivity contribution >= 4 is 0 Å². The number of hydrazine groups is 1. The zero-order chi connectivity index (χ0) is 10.4. The molecule has 1 aromatic rings. The molecule has 0 saturated heterocycles. The molecule has 0 aromatic heterocycles. The normalized spacial score (nSPS) is 12.8. The number of hydrogen-bond acceptors (Lipinski definition) is 3. The molecular formula is C10H15FN2O. The number of nitrogens with two attached hydrogens (primary N) is 1. The summed E-state index contributed by atoms with van der Waals surface area (Å²) in [4.78, 5) is 0. The van der Waals surface area contributed by atoms with E-state index in [1.54, 1.807) is 13.2 Å². The molecule has 0 aliphatic heterocycles. The van der Waals surface area contributed by atoms with Gasteiger partial charge in [-0.1, -0.05) is 12.1 Å². The Bertz CT molecular complexity index is 281. The van der Waals surface area contributed by atoms with Crippen LogP contribution in [0.4, 0.5) is 4.39 Å². The molecule has 1 rings (SSSR count). The molecule has 14 heavy (non-hydrogen) atoms. The number of methoxy groups -OCH3 is 1. The summed E-state index contributed by atoms with van der Waals surface area (Å²) in [5.41, 5.74) is 3.53. The molecular weight excluding hydrogens is 183 g/mol. The highest BCUT2D eigenvalue weighted by Gasteiger charge is 2.07. The van der Waals surface area contributed by atoms with E-state index in [4.69, 9.17) is 10.6 Å². The van der Waals surface area contributed by atoms with E-state index in [-0.39, 0.29) is 11.9 Å². The number of benzene rings is 1. The number of halogens is 1. The average molecular weight is 198 g/mol. The maximum absolute atomic E-state index is 12.8. The Balaban J connectivity index is 2.57. The summed E-state index contributed by atoms with van der Waals surface area (Å²) in [7, 11) is 1.61. The van der Waals surface area contributed by atoms with Crippen molar-refractivity contribution in [2.24, 2.45) is 5.84 Å². The molecule has 1 aromatic carbocycles. The second-order valence-corrected chi connectivity index (χ2v) is 3.15. The van der Waals surface area contributed by atoms with Gasteiger partial charge in [0.15, 0.2) is 0 Å².